The van der Waals surface area contributed by atoms with Crippen molar-refractivity contribution in [3.8, 4) is 0 Å². The highest BCUT2D eigenvalue weighted by molar-refractivity contribution is 7.09. The summed E-state index contributed by atoms with van der Waals surface area (Å²) in [6.45, 7) is 1.52. The van der Waals surface area contributed by atoms with Gasteiger partial charge >= 0.3 is 5.97 Å². The Bertz CT molecular complexity index is 369. The average molecular weight is 253 g/mol. The monoisotopic (exact) mass is 253 g/mol. The number of nitrogens with zero attached hydrogens (tertiary/aromatic N) is 1. The van der Waals surface area contributed by atoms with Crippen LogP contribution < -0.4 is 0 Å². The molecule has 0 amide bonds. The van der Waals surface area contributed by atoms with Crippen molar-refractivity contribution in [2.75, 3.05) is 13.6 Å². The zero-order valence-electron chi connectivity index (χ0n) is 10.2. The summed E-state index contributed by atoms with van der Waals surface area (Å²) >= 11 is 1.73. The molecule has 0 saturated heterocycles. The number of rotatable bonds is 5. The maximum absolute atomic E-state index is 11.4. The molecule has 0 spiro atoms. The van der Waals surface area contributed by atoms with Crippen molar-refractivity contribution in [2.24, 2.45) is 5.41 Å². The highest BCUT2D eigenvalue weighted by atomic mass is 32.1. The fourth-order valence-corrected chi connectivity index (χ4v) is 3.52. The van der Waals surface area contributed by atoms with Gasteiger partial charge in [0.1, 0.15) is 0 Å². The largest absolute Gasteiger partial charge is 0.481 e. The van der Waals surface area contributed by atoms with Crippen LogP contribution in [-0.2, 0) is 11.3 Å². The van der Waals surface area contributed by atoms with Crippen LogP contribution in [0.15, 0.2) is 17.5 Å². The van der Waals surface area contributed by atoms with E-state index in [1.165, 1.54) is 4.88 Å². The molecular weight excluding hydrogens is 234 g/mol. The van der Waals surface area contributed by atoms with Gasteiger partial charge in [0, 0.05) is 18.0 Å². The molecule has 0 atom stereocenters. The molecule has 0 aromatic carbocycles. The number of hydrogen-bond acceptors (Lipinski definition) is 3. The van der Waals surface area contributed by atoms with E-state index >= 15 is 0 Å². The molecule has 1 aromatic heterocycles. The van der Waals surface area contributed by atoms with Gasteiger partial charge in [0.2, 0.25) is 0 Å². The van der Waals surface area contributed by atoms with Crippen molar-refractivity contribution in [3.05, 3.63) is 22.4 Å². The van der Waals surface area contributed by atoms with Crippen LogP contribution in [0, 0.1) is 5.41 Å². The highest BCUT2D eigenvalue weighted by Crippen LogP contribution is 2.39. The Hall–Kier alpha value is -0.870. The molecule has 3 nitrogen and oxygen atoms in total. The summed E-state index contributed by atoms with van der Waals surface area (Å²) in [5.74, 6) is -0.618. The first-order chi connectivity index (χ1) is 8.12. The zero-order chi connectivity index (χ0) is 12.3. The van der Waals surface area contributed by atoms with E-state index in [9.17, 15) is 9.90 Å². The van der Waals surface area contributed by atoms with E-state index in [2.05, 4.69) is 16.3 Å². The molecule has 1 aromatic rings. The van der Waals surface area contributed by atoms with E-state index in [-0.39, 0.29) is 0 Å². The van der Waals surface area contributed by atoms with E-state index in [1.54, 1.807) is 11.3 Å². The molecule has 1 fully saturated rings. The van der Waals surface area contributed by atoms with Gasteiger partial charge in [-0.2, -0.15) is 0 Å². The van der Waals surface area contributed by atoms with Gasteiger partial charge in [-0.25, -0.2) is 0 Å². The predicted molar refractivity (Wildman–Crippen MR) is 69.2 cm³/mol. The number of hydrogen-bond donors (Lipinski definition) is 1. The number of carboxylic acids is 1. The van der Waals surface area contributed by atoms with E-state index in [0.717, 1.165) is 32.2 Å². The molecule has 94 valence electrons. The lowest BCUT2D eigenvalue weighted by atomic mass is 9.86. The number of carboxylic acid groups (broad SMARTS) is 1. The van der Waals surface area contributed by atoms with E-state index in [4.69, 9.17) is 0 Å². The summed E-state index contributed by atoms with van der Waals surface area (Å²) < 4.78 is 0. The van der Waals surface area contributed by atoms with Crippen LogP contribution >= 0.6 is 11.3 Å². The second-order valence-corrected chi connectivity index (χ2v) is 6.08. The summed E-state index contributed by atoms with van der Waals surface area (Å²) in [6.07, 6.45) is 3.77. The van der Waals surface area contributed by atoms with Crippen molar-refractivity contribution in [1.82, 2.24) is 4.90 Å². The van der Waals surface area contributed by atoms with Crippen molar-refractivity contribution in [2.45, 2.75) is 32.2 Å². The third kappa shape index (κ3) is 2.87. The van der Waals surface area contributed by atoms with Gasteiger partial charge in [0.15, 0.2) is 0 Å². The smallest absolute Gasteiger partial charge is 0.310 e. The minimum Gasteiger partial charge on any atom is -0.481 e. The molecule has 1 aliphatic carbocycles. The SMILES string of the molecule is CN(Cc1cccs1)CC1(C(=O)O)CCCC1. The molecule has 0 unspecified atom stereocenters. The highest BCUT2D eigenvalue weighted by Gasteiger charge is 2.41. The Morgan fingerprint density at radius 3 is 2.76 bits per heavy atom. The van der Waals surface area contributed by atoms with Crippen molar-refractivity contribution >= 4 is 17.3 Å². The quantitative estimate of drug-likeness (QED) is 0.877. The second kappa shape index (κ2) is 5.19. The molecule has 1 N–H and O–H groups in total. The standard InChI is InChI=1S/C13H19NO2S/c1-14(9-11-5-4-8-17-11)10-13(12(15)16)6-2-3-7-13/h4-5,8H,2-3,6-7,9-10H2,1H3,(H,15,16). The van der Waals surface area contributed by atoms with Crippen LogP contribution in [0.25, 0.3) is 0 Å². The number of carbonyl (C=O) groups is 1. The average Bonchev–Trinajstić information content (AvgIpc) is 2.89. The van der Waals surface area contributed by atoms with Crippen LogP contribution in [0.4, 0.5) is 0 Å². The van der Waals surface area contributed by atoms with Crippen molar-refractivity contribution < 1.29 is 9.90 Å². The Labute approximate surface area is 106 Å². The summed E-state index contributed by atoms with van der Waals surface area (Å²) in [5, 5.41) is 11.5. The fourth-order valence-electron chi connectivity index (χ4n) is 2.73. The zero-order valence-corrected chi connectivity index (χ0v) is 11.0. The van der Waals surface area contributed by atoms with E-state index in [1.807, 2.05) is 13.1 Å². The lowest BCUT2D eigenvalue weighted by Crippen LogP contribution is -2.39. The van der Waals surface area contributed by atoms with Gasteiger partial charge < -0.3 is 10.0 Å². The molecule has 1 aliphatic rings. The Morgan fingerprint density at radius 2 is 2.24 bits per heavy atom. The van der Waals surface area contributed by atoms with Crippen molar-refractivity contribution in [1.29, 1.82) is 0 Å². The summed E-state index contributed by atoms with van der Waals surface area (Å²) in [6, 6.07) is 4.14. The normalized spacial score (nSPS) is 18.7. The summed E-state index contributed by atoms with van der Waals surface area (Å²) in [7, 11) is 2.02. The second-order valence-electron chi connectivity index (χ2n) is 5.04. The first-order valence-corrected chi connectivity index (χ1v) is 6.95. The number of thiophene rings is 1. The Kier molecular flexibility index (Phi) is 3.84. The molecule has 1 saturated carbocycles. The van der Waals surface area contributed by atoms with Gasteiger partial charge in [-0.05, 0) is 31.3 Å². The number of aliphatic carboxylic acids is 1. The predicted octanol–water partition coefficient (Wildman–Crippen LogP) is 2.82. The minimum atomic E-state index is -0.618. The summed E-state index contributed by atoms with van der Waals surface area (Å²) in [4.78, 5) is 14.9. The first-order valence-electron chi connectivity index (χ1n) is 6.07. The van der Waals surface area contributed by atoms with Crippen LogP contribution in [0.2, 0.25) is 0 Å². The van der Waals surface area contributed by atoms with E-state index < -0.39 is 11.4 Å². The fraction of sp³-hybridized carbons (Fsp3) is 0.615. The first kappa shape index (κ1) is 12.6. The van der Waals surface area contributed by atoms with Crippen LogP contribution in [0.5, 0.6) is 0 Å². The Morgan fingerprint density at radius 1 is 1.53 bits per heavy atom. The molecule has 0 radical (unpaired) electrons. The molecule has 1 heterocycles. The molecular formula is C13H19NO2S. The molecule has 2 rings (SSSR count). The minimum absolute atomic E-state index is 0.494. The summed E-state index contributed by atoms with van der Waals surface area (Å²) in [5.41, 5.74) is -0.494. The van der Waals surface area contributed by atoms with Gasteiger partial charge in [0.25, 0.3) is 0 Å². The van der Waals surface area contributed by atoms with Crippen molar-refractivity contribution in [3.63, 3.8) is 0 Å². The van der Waals surface area contributed by atoms with Crippen LogP contribution in [-0.4, -0.2) is 29.6 Å². The molecule has 0 aliphatic heterocycles. The van der Waals surface area contributed by atoms with Crippen LogP contribution in [0.1, 0.15) is 30.6 Å². The van der Waals surface area contributed by atoms with Gasteiger partial charge in [0.05, 0.1) is 5.41 Å². The lowest BCUT2D eigenvalue weighted by Gasteiger charge is -2.29. The van der Waals surface area contributed by atoms with Crippen LogP contribution in [0.3, 0.4) is 0 Å². The molecule has 0 bridgehead atoms. The maximum Gasteiger partial charge on any atom is 0.310 e. The third-order valence-corrected chi connectivity index (χ3v) is 4.45. The topological polar surface area (TPSA) is 40.5 Å². The molecule has 4 heteroatoms. The maximum atomic E-state index is 11.4. The van der Waals surface area contributed by atoms with Gasteiger partial charge in [-0.3, -0.25) is 4.79 Å². The lowest BCUT2D eigenvalue weighted by molar-refractivity contribution is -0.149. The van der Waals surface area contributed by atoms with Gasteiger partial charge in [-0.1, -0.05) is 18.9 Å². The van der Waals surface area contributed by atoms with Gasteiger partial charge in [-0.15, -0.1) is 11.3 Å². The molecule has 17 heavy (non-hydrogen) atoms. The van der Waals surface area contributed by atoms with E-state index in [0.29, 0.717) is 6.54 Å². The Balaban J connectivity index is 1.96. The third-order valence-electron chi connectivity index (χ3n) is 3.59.